The number of rotatable bonds is 3. The first-order valence-corrected chi connectivity index (χ1v) is 9.40. The summed E-state index contributed by atoms with van der Waals surface area (Å²) in [6, 6.07) is 4.70. The van der Waals surface area contributed by atoms with Gasteiger partial charge in [-0.3, -0.25) is 9.69 Å². The monoisotopic (exact) mass is 339 g/mol. The second-order valence-electron chi connectivity index (χ2n) is 7.45. The third-order valence-electron chi connectivity index (χ3n) is 6.01. The van der Waals surface area contributed by atoms with Crippen LogP contribution in [0.15, 0.2) is 6.07 Å². The van der Waals surface area contributed by atoms with Crippen LogP contribution in [0, 0.1) is 11.3 Å². The predicted molar refractivity (Wildman–Crippen MR) is 95.1 cm³/mol. The number of hydrogen-bond acceptors (Lipinski definition) is 5. The molecule has 1 amide bonds. The molecule has 1 aromatic heterocycles. The van der Waals surface area contributed by atoms with E-state index in [-0.39, 0.29) is 11.9 Å². The van der Waals surface area contributed by atoms with Gasteiger partial charge in [-0.2, -0.15) is 5.26 Å². The molecule has 0 saturated carbocycles. The molecule has 3 heterocycles. The zero-order chi connectivity index (χ0) is 17.4. The van der Waals surface area contributed by atoms with Crippen molar-refractivity contribution in [3.8, 4) is 6.07 Å². The summed E-state index contributed by atoms with van der Waals surface area (Å²) in [5.74, 6) is 0.668. The molecule has 1 unspecified atom stereocenters. The number of nitriles is 1. The summed E-state index contributed by atoms with van der Waals surface area (Å²) in [6.45, 7) is 2.74. The predicted octanol–water partition coefficient (Wildman–Crippen LogP) is 1.36. The fourth-order valence-electron chi connectivity index (χ4n) is 4.73. The standard InChI is InChI=1S/C19H25N5O/c20-12-14-11-13-3-1-4-16(13)22-19(14)23-9-6-15(7-10-23)24-8-2-5-17(24)18(21)25/h11,15,17H,1-10H2,(H2,21,25). The van der Waals surface area contributed by atoms with E-state index in [9.17, 15) is 10.1 Å². The van der Waals surface area contributed by atoms with E-state index in [0.717, 1.165) is 70.4 Å². The molecule has 0 aromatic carbocycles. The zero-order valence-corrected chi connectivity index (χ0v) is 14.6. The number of carbonyl (C=O) groups excluding carboxylic acids is 1. The van der Waals surface area contributed by atoms with Crippen LogP contribution < -0.4 is 10.6 Å². The van der Waals surface area contributed by atoms with Gasteiger partial charge < -0.3 is 10.6 Å². The first-order valence-electron chi connectivity index (χ1n) is 9.40. The molecule has 25 heavy (non-hydrogen) atoms. The van der Waals surface area contributed by atoms with E-state index in [1.165, 1.54) is 11.3 Å². The van der Waals surface area contributed by atoms with Crippen LogP contribution >= 0.6 is 0 Å². The Hall–Kier alpha value is -2.13. The number of primary amides is 1. The Morgan fingerprint density at radius 1 is 1.20 bits per heavy atom. The molecule has 0 spiro atoms. The fraction of sp³-hybridized carbons (Fsp3) is 0.632. The molecule has 1 atom stereocenters. The van der Waals surface area contributed by atoms with Crippen LogP contribution in [0.1, 0.15) is 48.9 Å². The van der Waals surface area contributed by atoms with Crippen LogP contribution in [-0.4, -0.2) is 47.5 Å². The molecule has 0 radical (unpaired) electrons. The quantitative estimate of drug-likeness (QED) is 0.898. The number of hydrogen-bond donors (Lipinski definition) is 1. The van der Waals surface area contributed by atoms with E-state index in [2.05, 4.69) is 15.9 Å². The molecule has 0 bridgehead atoms. The molecule has 6 heteroatoms. The smallest absolute Gasteiger partial charge is 0.234 e. The minimum atomic E-state index is -0.188. The average molecular weight is 339 g/mol. The summed E-state index contributed by atoms with van der Waals surface area (Å²) in [5, 5.41) is 9.52. The van der Waals surface area contributed by atoms with Gasteiger partial charge in [0, 0.05) is 24.8 Å². The fourth-order valence-corrected chi connectivity index (χ4v) is 4.73. The van der Waals surface area contributed by atoms with E-state index >= 15 is 0 Å². The van der Waals surface area contributed by atoms with Gasteiger partial charge in [-0.15, -0.1) is 0 Å². The number of pyridine rings is 1. The van der Waals surface area contributed by atoms with Crippen molar-refractivity contribution >= 4 is 11.7 Å². The van der Waals surface area contributed by atoms with E-state index in [1.807, 2.05) is 6.07 Å². The van der Waals surface area contributed by atoms with Crippen molar-refractivity contribution in [1.82, 2.24) is 9.88 Å². The highest BCUT2D eigenvalue weighted by atomic mass is 16.1. The minimum absolute atomic E-state index is 0.0932. The van der Waals surface area contributed by atoms with Crippen molar-refractivity contribution in [3.05, 3.63) is 22.9 Å². The van der Waals surface area contributed by atoms with E-state index in [1.54, 1.807) is 0 Å². The summed E-state index contributed by atoms with van der Waals surface area (Å²) in [5.41, 5.74) is 8.69. The molecule has 132 valence electrons. The van der Waals surface area contributed by atoms with Gasteiger partial charge >= 0.3 is 0 Å². The lowest BCUT2D eigenvalue weighted by molar-refractivity contribution is -0.123. The van der Waals surface area contributed by atoms with Crippen LogP contribution in [0.4, 0.5) is 5.82 Å². The topological polar surface area (TPSA) is 86.2 Å². The number of nitrogens with zero attached hydrogens (tertiary/aromatic N) is 4. The van der Waals surface area contributed by atoms with Crippen LogP contribution in [-0.2, 0) is 17.6 Å². The average Bonchev–Trinajstić information content (AvgIpc) is 3.29. The summed E-state index contributed by atoms with van der Waals surface area (Å²) < 4.78 is 0. The largest absolute Gasteiger partial charge is 0.368 e. The Bertz CT molecular complexity index is 717. The van der Waals surface area contributed by atoms with Crippen molar-refractivity contribution in [2.45, 2.75) is 57.0 Å². The second kappa shape index (κ2) is 6.64. The lowest BCUT2D eigenvalue weighted by atomic mass is 10.0. The van der Waals surface area contributed by atoms with E-state index in [0.29, 0.717) is 11.6 Å². The third kappa shape index (κ3) is 2.98. The number of likely N-dealkylation sites (tertiary alicyclic amines) is 1. The number of piperidine rings is 1. The maximum Gasteiger partial charge on any atom is 0.234 e. The van der Waals surface area contributed by atoms with Crippen LogP contribution in [0.25, 0.3) is 0 Å². The number of carbonyl (C=O) groups is 1. The van der Waals surface area contributed by atoms with Crippen molar-refractivity contribution in [2.75, 3.05) is 24.5 Å². The maximum absolute atomic E-state index is 11.7. The number of fused-ring (bicyclic) bond motifs is 1. The Morgan fingerprint density at radius 3 is 2.72 bits per heavy atom. The van der Waals surface area contributed by atoms with Crippen molar-refractivity contribution in [3.63, 3.8) is 0 Å². The molecule has 3 aliphatic rings. The Balaban J connectivity index is 1.48. The van der Waals surface area contributed by atoms with Crippen molar-refractivity contribution < 1.29 is 4.79 Å². The lowest BCUT2D eigenvalue weighted by Gasteiger charge is -2.39. The first-order chi connectivity index (χ1) is 12.2. The summed E-state index contributed by atoms with van der Waals surface area (Å²) in [6.07, 6.45) is 7.14. The molecular formula is C19H25N5O. The van der Waals surface area contributed by atoms with E-state index < -0.39 is 0 Å². The molecule has 4 rings (SSSR count). The second-order valence-corrected chi connectivity index (χ2v) is 7.45. The zero-order valence-electron chi connectivity index (χ0n) is 14.6. The Morgan fingerprint density at radius 2 is 2.00 bits per heavy atom. The number of amides is 1. The van der Waals surface area contributed by atoms with Crippen LogP contribution in [0.2, 0.25) is 0 Å². The van der Waals surface area contributed by atoms with Gasteiger partial charge in [-0.25, -0.2) is 4.98 Å². The Kier molecular flexibility index (Phi) is 4.34. The SMILES string of the molecule is N#Cc1cc2c(nc1N1CCC(N3CCCC3C(N)=O)CC1)CCC2. The number of aryl methyl sites for hydroxylation is 2. The van der Waals surface area contributed by atoms with Crippen molar-refractivity contribution in [2.24, 2.45) is 5.73 Å². The molecule has 2 saturated heterocycles. The third-order valence-corrected chi connectivity index (χ3v) is 6.01. The molecule has 2 aliphatic heterocycles. The highest BCUT2D eigenvalue weighted by Crippen LogP contribution is 2.31. The normalized spacial score (nSPS) is 24.3. The van der Waals surface area contributed by atoms with Gasteiger partial charge in [0.15, 0.2) is 0 Å². The summed E-state index contributed by atoms with van der Waals surface area (Å²) >= 11 is 0. The Labute approximate surface area is 148 Å². The van der Waals surface area contributed by atoms with Crippen LogP contribution in [0.3, 0.4) is 0 Å². The molecular weight excluding hydrogens is 314 g/mol. The lowest BCUT2D eigenvalue weighted by Crippen LogP contribution is -2.50. The number of aromatic nitrogens is 1. The number of anilines is 1. The van der Waals surface area contributed by atoms with Crippen molar-refractivity contribution in [1.29, 1.82) is 5.26 Å². The minimum Gasteiger partial charge on any atom is -0.368 e. The van der Waals surface area contributed by atoms with Gasteiger partial charge in [-0.1, -0.05) is 0 Å². The molecule has 2 N–H and O–H groups in total. The summed E-state index contributed by atoms with van der Waals surface area (Å²) in [4.78, 5) is 21.0. The highest BCUT2D eigenvalue weighted by Gasteiger charge is 2.36. The summed E-state index contributed by atoms with van der Waals surface area (Å²) in [7, 11) is 0. The van der Waals surface area contributed by atoms with Gasteiger partial charge in [0.25, 0.3) is 0 Å². The molecule has 1 aliphatic carbocycles. The van der Waals surface area contributed by atoms with E-state index in [4.69, 9.17) is 10.7 Å². The molecule has 2 fully saturated rings. The van der Waals surface area contributed by atoms with Gasteiger partial charge in [0.2, 0.25) is 5.91 Å². The maximum atomic E-state index is 11.7. The van der Waals surface area contributed by atoms with Gasteiger partial charge in [-0.05, 0) is 63.1 Å². The van der Waals surface area contributed by atoms with Gasteiger partial charge in [0.05, 0.1) is 11.6 Å². The molecule has 6 nitrogen and oxygen atoms in total. The first kappa shape index (κ1) is 16.3. The number of nitrogens with two attached hydrogens (primary N) is 1. The molecule has 1 aromatic rings. The van der Waals surface area contributed by atoms with Gasteiger partial charge in [0.1, 0.15) is 11.9 Å². The van der Waals surface area contributed by atoms with Crippen LogP contribution in [0.5, 0.6) is 0 Å². The highest BCUT2D eigenvalue weighted by molar-refractivity contribution is 5.80.